The first-order chi connectivity index (χ1) is 14.3. The molecule has 9 heteroatoms. The lowest BCUT2D eigenvalue weighted by atomic mass is 9.81. The van der Waals surface area contributed by atoms with E-state index in [4.69, 9.17) is 16.2 Å². The minimum atomic E-state index is -0.844. The zero-order chi connectivity index (χ0) is 22.7. The SMILES string of the molecule is CCCCOCCS[C@H]1[C@@H]([C@H](NC(C)=O)C(CC)CC)[C@H](N=C(N)N)C[C@@H]1C(=O)O. The number of unbranched alkanes of at least 4 members (excludes halogenated alkanes) is 1. The summed E-state index contributed by atoms with van der Waals surface area (Å²) < 4.78 is 5.67. The zero-order valence-corrected chi connectivity index (χ0v) is 19.6. The fourth-order valence-electron chi connectivity index (χ4n) is 4.43. The van der Waals surface area contributed by atoms with Crippen molar-refractivity contribution < 1.29 is 19.4 Å². The van der Waals surface area contributed by atoms with E-state index in [-0.39, 0.29) is 41.0 Å². The summed E-state index contributed by atoms with van der Waals surface area (Å²) in [7, 11) is 0. The van der Waals surface area contributed by atoms with E-state index in [0.717, 1.165) is 25.7 Å². The third-order valence-corrected chi connectivity index (χ3v) is 7.30. The first-order valence-electron chi connectivity index (χ1n) is 11.0. The van der Waals surface area contributed by atoms with Crippen LogP contribution in [0.4, 0.5) is 0 Å². The normalized spacial score (nSPS) is 24.6. The third kappa shape index (κ3) is 7.98. The molecule has 0 heterocycles. The number of carboxylic acids is 1. The van der Waals surface area contributed by atoms with Crippen molar-refractivity contribution in [1.82, 2.24) is 5.32 Å². The molecule has 1 aliphatic rings. The molecule has 0 unspecified atom stereocenters. The van der Waals surface area contributed by atoms with Crippen LogP contribution in [-0.2, 0) is 14.3 Å². The van der Waals surface area contributed by atoms with Crippen LogP contribution in [0, 0.1) is 17.8 Å². The summed E-state index contributed by atoms with van der Waals surface area (Å²) in [6.07, 6.45) is 4.21. The summed E-state index contributed by atoms with van der Waals surface area (Å²) in [4.78, 5) is 28.5. The number of aliphatic carboxylic acids is 1. The van der Waals surface area contributed by atoms with Crippen molar-refractivity contribution in [3.05, 3.63) is 0 Å². The van der Waals surface area contributed by atoms with Crippen LogP contribution in [0.3, 0.4) is 0 Å². The van der Waals surface area contributed by atoms with Crippen LogP contribution in [0.5, 0.6) is 0 Å². The molecule has 1 fully saturated rings. The van der Waals surface area contributed by atoms with Gasteiger partial charge in [-0.2, -0.15) is 11.8 Å². The minimum Gasteiger partial charge on any atom is -0.481 e. The Morgan fingerprint density at radius 1 is 1.23 bits per heavy atom. The van der Waals surface area contributed by atoms with Gasteiger partial charge in [0.05, 0.1) is 18.6 Å². The second-order valence-corrected chi connectivity index (χ2v) is 9.27. The summed E-state index contributed by atoms with van der Waals surface area (Å²) in [5.74, 6) is -0.846. The van der Waals surface area contributed by atoms with Gasteiger partial charge in [-0.15, -0.1) is 0 Å². The Labute approximate surface area is 185 Å². The second-order valence-electron chi connectivity index (χ2n) is 7.98. The Hall–Kier alpha value is -1.48. The van der Waals surface area contributed by atoms with E-state index >= 15 is 0 Å². The smallest absolute Gasteiger partial charge is 0.307 e. The molecule has 6 N–H and O–H groups in total. The van der Waals surface area contributed by atoms with Gasteiger partial charge in [-0.3, -0.25) is 9.59 Å². The molecule has 174 valence electrons. The van der Waals surface area contributed by atoms with E-state index in [2.05, 4.69) is 31.1 Å². The number of thioether (sulfide) groups is 1. The highest BCUT2D eigenvalue weighted by Crippen LogP contribution is 2.45. The summed E-state index contributed by atoms with van der Waals surface area (Å²) >= 11 is 1.60. The molecule has 0 bridgehead atoms. The van der Waals surface area contributed by atoms with Gasteiger partial charge in [-0.05, 0) is 18.8 Å². The molecule has 0 aromatic carbocycles. The van der Waals surface area contributed by atoms with Gasteiger partial charge in [0.25, 0.3) is 0 Å². The Morgan fingerprint density at radius 3 is 2.40 bits per heavy atom. The molecule has 0 aromatic rings. The summed E-state index contributed by atoms with van der Waals surface area (Å²) in [6.45, 7) is 9.08. The van der Waals surface area contributed by atoms with Crippen LogP contribution >= 0.6 is 11.8 Å². The second kappa shape index (κ2) is 13.7. The number of amides is 1. The Balaban J connectivity index is 3.17. The fraction of sp³-hybridized carbons (Fsp3) is 0.857. The van der Waals surface area contributed by atoms with Gasteiger partial charge in [0, 0.05) is 36.5 Å². The molecule has 5 atom stereocenters. The van der Waals surface area contributed by atoms with Gasteiger partial charge in [0.15, 0.2) is 5.96 Å². The van der Waals surface area contributed by atoms with Crippen molar-refractivity contribution in [2.75, 3.05) is 19.0 Å². The van der Waals surface area contributed by atoms with E-state index in [1.54, 1.807) is 11.8 Å². The Bertz CT molecular complexity index is 567. The van der Waals surface area contributed by atoms with Crippen LogP contribution in [0.25, 0.3) is 0 Å². The average Bonchev–Trinajstić information content (AvgIpc) is 3.01. The highest BCUT2D eigenvalue weighted by molar-refractivity contribution is 8.00. The lowest BCUT2D eigenvalue weighted by Crippen LogP contribution is -2.50. The topological polar surface area (TPSA) is 140 Å². The maximum absolute atomic E-state index is 12.1. The number of rotatable bonds is 14. The van der Waals surface area contributed by atoms with E-state index in [9.17, 15) is 14.7 Å². The van der Waals surface area contributed by atoms with E-state index in [1.807, 2.05) is 0 Å². The number of ether oxygens (including phenoxy) is 1. The zero-order valence-electron chi connectivity index (χ0n) is 18.8. The van der Waals surface area contributed by atoms with Gasteiger partial charge >= 0.3 is 5.97 Å². The lowest BCUT2D eigenvalue weighted by molar-refractivity contribution is -0.141. The maximum Gasteiger partial charge on any atom is 0.307 e. The molecule has 0 aliphatic heterocycles. The van der Waals surface area contributed by atoms with Gasteiger partial charge < -0.3 is 26.6 Å². The van der Waals surface area contributed by atoms with Crippen molar-refractivity contribution in [1.29, 1.82) is 0 Å². The third-order valence-electron chi connectivity index (χ3n) is 5.87. The number of hydrogen-bond donors (Lipinski definition) is 4. The molecule has 0 saturated heterocycles. The van der Waals surface area contributed by atoms with E-state index in [1.165, 1.54) is 6.92 Å². The molecule has 0 aromatic heterocycles. The van der Waals surface area contributed by atoms with E-state index in [0.29, 0.717) is 25.4 Å². The molecule has 0 spiro atoms. The lowest BCUT2D eigenvalue weighted by Gasteiger charge is -2.37. The number of hydrogen-bond acceptors (Lipinski definition) is 5. The highest BCUT2D eigenvalue weighted by Gasteiger charge is 2.51. The molecular formula is C21H40N4O4S. The maximum atomic E-state index is 12.1. The largest absolute Gasteiger partial charge is 0.481 e. The van der Waals surface area contributed by atoms with Crippen LogP contribution in [0.15, 0.2) is 4.99 Å². The van der Waals surface area contributed by atoms with Gasteiger partial charge in [-0.25, -0.2) is 4.99 Å². The molecular weight excluding hydrogens is 404 g/mol. The number of aliphatic imine (C=N–C) groups is 1. The standard InChI is InChI=1S/C21H40N4O4S/c1-5-8-9-29-10-11-30-19-15(20(27)28)12-16(25-21(22)23)17(19)18(24-13(4)26)14(6-2)7-3/h14-19H,5-12H2,1-4H3,(H,24,26)(H,27,28)(H4,22,23,25)/t15-,16+,17+,18+,19+/m0/s1. The van der Waals surface area contributed by atoms with Gasteiger partial charge in [0.2, 0.25) is 5.91 Å². The number of guanidine groups is 1. The quantitative estimate of drug-likeness (QED) is 0.183. The summed E-state index contributed by atoms with van der Waals surface area (Å²) in [6, 6.07) is -0.527. The van der Waals surface area contributed by atoms with E-state index < -0.39 is 11.9 Å². The first-order valence-corrected chi connectivity index (χ1v) is 12.1. The number of nitrogens with zero attached hydrogens (tertiary/aromatic N) is 1. The molecule has 1 rings (SSSR count). The predicted octanol–water partition coefficient (Wildman–Crippen LogP) is 2.21. The molecule has 30 heavy (non-hydrogen) atoms. The number of nitrogens with one attached hydrogen (secondary N) is 1. The average molecular weight is 445 g/mol. The van der Waals surface area contributed by atoms with Crippen LogP contribution in [0.2, 0.25) is 0 Å². The van der Waals surface area contributed by atoms with Crippen LogP contribution in [0.1, 0.15) is 59.8 Å². The van der Waals surface area contributed by atoms with Crippen molar-refractivity contribution in [2.24, 2.45) is 34.2 Å². The van der Waals surface area contributed by atoms with Gasteiger partial charge in [-0.1, -0.05) is 40.0 Å². The predicted molar refractivity (Wildman–Crippen MR) is 122 cm³/mol. The highest BCUT2D eigenvalue weighted by atomic mass is 32.2. The molecule has 1 aliphatic carbocycles. The monoisotopic (exact) mass is 444 g/mol. The molecule has 8 nitrogen and oxygen atoms in total. The van der Waals surface area contributed by atoms with Crippen molar-refractivity contribution in [3.63, 3.8) is 0 Å². The summed E-state index contributed by atoms with van der Waals surface area (Å²) in [5, 5.41) is 12.8. The molecule has 0 radical (unpaired) electrons. The van der Waals surface area contributed by atoms with Crippen molar-refractivity contribution in [3.8, 4) is 0 Å². The number of carboxylic acid groups (broad SMARTS) is 1. The molecule has 1 saturated carbocycles. The number of carbonyl (C=O) groups excluding carboxylic acids is 1. The van der Waals surface area contributed by atoms with Gasteiger partial charge in [0.1, 0.15) is 0 Å². The Kier molecular flexibility index (Phi) is 12.2. The summed E-state index contributed by atoms with van der Waals surface area (Å²) in [5.41, 5.74) is 11.4. The fourth-order valence-corrected chi connectivity index (χ4v) is 5.95. The number of carbonyl (C=O) groups is 2. The van der Waals surface area contributed by atoms with Crippen molar-refractivity contribution >= 4 is 29.6 Å². The minimum absolute atomic E-state index is 0.0474. The first kappa shape index (κ1) is 26.6. The number of nitrogens with two attached hydrogens (primary N) is 2. The van der Waals surface area contributed by atoms with Crippen LogP contribution in [-0.4, -0.2) is 59.2 Å². The Morgan fingerprint density at radius 2 is 1.90 bits per heavy atom. The molecule has 1 amide bonds. The van der Waals surface area contributed by atoms with Crippen LogP contribution < -0.4 is 16.8 Å². The van der Waals surface area contributed by atoms with Crippen molar-refractivity contribution in [2.45, 2.75) is 77.1 Å².